The fraction of sp³-hybridized carbons (Fsp3) is 0.500. The Morgan fingerprint density at radius 1 is 1.17 bits per heavy atom. The van der Waals surface area contributed by atoms with E-state index in [2.05, 4.69) is 52.0 Å². The molecule has 1 aliphatic heterocycles. The number of aromatic nitrogens is 2. The van der Waals surface area contributed by atoms with E-state index >= 15 is 0 Å². The highest BCUT2D eigenvalue weighted by Gasteiger charge is 2.30. The largest absolute Gasteiger partial charge is 0.406 e. The minimum absolute atomic E-state index is 0.214. The van der Waals surface area contributed by atoms with Crippen molar-refractivity contribution in [3.8, 4) is 17.9 Å². The lowest BCUT2D eigenvalue weighted by Gasteiger charge is -2.36. The maximum Gasteiger partial charge on any atom is 0.406 e. The van der Waals surface area contributed by atoms with E-state index in [1.54, 1.807) is 38.2 Å². The minimum atomic E-state index is -4.42. The zero-order chi connectivity index (χ0) is 30.5. The summed E-state index contributed by atoms with van der Waals surface area (Å²) in [6.07, 6.45) is 0.454. The maximum absolute atomic E-state index is 13.7. The van der Waals surface area contributed by atoms with E-state index in [0.717, 1.165) is 49.8 Å². The van der Waals surface area contributed by atoms with Crippen LogP contribution in [0.25, 0.3) is 10.9 Å². The van der Waals surface area contributed by atoms with Crippen LogP contribution in [0.1, 0.15) is 57.0 Å². The van der Waals surface area contributed by atoms with Gasteiger partial charge in [0.1, 0.15) is 6.54 Å². The number of pyridine rings is 1. The van der Waals surface area contributed by atoms with Crippen LogP contribution in [0.3, 0.4) is 0 Å². The molecule has 1 aromatic carbocycles. The topological polar surface area (TPSA) is 60.1 Å². The molecular weight excluding hydrogens is 561 g/mol. The fourth-order valence-electron chi connectivity index (χ4n) is 5.48. The van der Waals surface area contributed by atoms with Crippen molar-refractivity contribution < 1.29 is 13.2 Å². The van der Waals surface area contributed by atoms with E-state index in [4.69, 9.17) is 11.6 Å². The fourth-order valence-corrected chi connectivity index (χ4v) is 5.71. The quantitative estimate of drug-likeness (QED) is 0.274. The second-order valence-corrected chi connectivity index (χ2v) is 12.0. The molecule has 224 valence electrons. The molecule has 1 aliphatic rings. The third-order valence-electron chi connectivity index (χ3n) is 7.84. The Bertz CT molecular complexity index is 1470. The van der Waals surface area contributed by atoms with Gasteiger partial charge in [0.15, 0.2) is 0 Å². The van der Waals surface area contributed by atoms with E-state index in [0.29, 0.717) is 34.5 Å². The smallest absolute Gasteiger partial charge is 0.373 e. The molecule has 0 saturated carbocycles. The minimum Gasteiger partial charge on any atom is -0.373 e. The van der Waals surface area contributed by atoms with Crippen LogP contribution in [0.4, 0.5) is 18.9 Å². The van der Waals surface area contributed by atoms with Gasteiger partial charge in [-0.05, 0) is 102 Å². The lowest BCUT2D eigenvalue weighted by molar-refractivity contribution is -0.140. The lowest BCUT2D eigenvalue weighted by atomic mass is 9.91. The van der Waals surface area contributed by atoms with Crippen molar-refractivity contribution in [3.63, 3.8) is 0 Å². The molecule has 3 aromatic rings. The molecule has 0 radical (unpaired) electrons. The van der Waals surface area contributed by atoms with Gasteiger partial charge in [-0.2, -0.15) is 18.4 Å². The van der Waals surface area contributed by atoms with Gasteiger partial charge in [0.05, 0.1) is 46.8 Å². The van der Waals surface area contributed by atoms with Gasteiger partial charge in [0.2, 0.25) is 0 Å². The standard InChI is InChI=1S/C32H38ClF3N6/c1-5-13-40(4)26-10-14-41(15-11-26)20-23-16-24(33)17-29-28(23)18-27(42(29)22-32(34,35)36)7-6-12-38-25-8-9-30(39-19-25)31(2,3)21-37/h8-9,16-19,26,38H,5,10-15,20,22H2,1-4H3. The number of piperidine rings is 1. The summed E-state index contributed by atoms with van der Waals surface area (Å²) in [5.41, 5.74) is 2.29. The number of nitrogens with zero attached hydrogens (tertiary/aromatic N) is 5. The Balaban J connectivity index is 1.54. The Morgan fingerprint density at radius 3 is 2.52 bits per heavy atom. The van der Waals surface area contributed by atoms with E-state index < -0.39 is 18.1 Å². The summed E-state index contributed by atoms with van der Waals surface area (Å²) in [4.78, 5) is 9.13. The van der Waals surface area contributed by atoms with Crippen molar-refractivity contribution in [2.24, 2.45) is 0 Å². The third kappa shape index (κ3) is 7.98. The monoisotopic (exact) mass is 598 g/mol. The van der Waals surface area contributed by atoms with Crippen LogP contribution in [0.15, 0.2) is 36.5 Å². The van der Waals surface area contributed by atoms with Crippen LogP contribution in [-0.2, 0) is 18.5 Å². The number of hydrogen-bond donors (Lipinski definition) is 1. The predicted molar refractivity (Wildman–Crippen MR) is 162 cm³/mol. The highest BCUT2D eigenvalue weighted by molar-refractivity contribution is 6.31. The van der Waals surface area contributed by atoms with Crippen LogP contribution >= 0.6 is 11.6 Å². The SMILES string of the molecule is CCCN(C)C1CCN(Cc2cc(Cl)cc3c2cc(C#CCNc2ccc(C(C)(C)C#N)nc2)n3CC(F)(F)F)CC1. The van der Waals surface area contributed by atoms with Crippen molar-refractivity contribution in [1.29, 1.82) is 5.26 Å². The number of rotatable bonds is 9. The molecule has 1 saturated heterocycles. The highest BCUT2D eigenvalue weighted by Crippen LogP contribution is 2.32. The summed E-state index contributed by atoms with van der Waals surface area (Å²) in [5.74, 6) is 5.90. The first-order chi connectivity index (χ1) is 19.9. The maximum atomic E-state index is 13.7. The molecule has 0 spiro atoms. The van der Waals surface area contributed by atoms with Gasteiger partial charge in [0.25, 0.3) is 0 Å². The zero-order valence-corrected chi connectivity index (χ0v) is 25.4. The molecule has 0 amide bonds. The van der Waals surface area contributed by atoms with Gasteiger partial charge < -0.3 is 14.8 Å². The summed E-state index contributed by atoms with van der Waals surface area (Å²) < 4.78 is 42.2. The number of alkyl halides is 3. The summed E-state index contributed by atoms with van der Waals surface area (Å²) in [6, 6.07) is 11.6. The Labute approximate surface area is 251 Å². The second kappa shape index (κ2) is 13.4. The molecule has 0 unspecified atom stereocenters. The molecule has 0 atom stereocenters. The number of nitriles is 1. The molecule has 6 nitrogen and oxygen atoms in total. The number of anilines is 1. The highest BCUT2D eigenvalue weighted by atomic mass is 35.5. The summed E-state index contributed by atoms with van der Waals surface area (Å²) in [5, 5.41) is 13.6. The molecule has 10 heteroatoms. The number of nitrogens with one attached hydrogen (secondary N) is 1. The molecule has 0 bridgehead atoms. The number of halogens is 4. The lowest BCUT2D eigenvalue weighted by Crippen LogP contribution is -2.43. The van der Waals surface area contributed by atoms with Crippen LogP contribution in [0, 0.1) is 23.2 Å². The predicted octanol–water partition coefficient (Wildman–Crippen LogP) is 6.82. The van der Waals surface area contributed by atoms with Crippen molar-refractivity contribution >= 4 is 28.2 Å². The van der Waals surface area contributed by atoms with Crippen LogP contribution in [0.5, 0.6) is 0 Å². The van der Waals surface area contributed by atoms with Crippen molar-refractivity contribution in [2.45, 2.75) is 70.8 Å². The zero-order valence-electron chi connectivity index (χ0n) is 24.7. The van der Waals surface area contributed by atoms with Gasteiger partial charge in [-0.1, -0.05) is 24.4 Å². The number of fused-ring (bicyclic) bond motifs is 1. The molecule has 2 aromatic heterocycles. The third-order valence-corrected chi connectivity index (χ3v) is 8.06. The average molecular weight is 599 g/mol. The van der Waals surface area contributed by atoms with Crippen molar-refractivity contribution in [1.82, 2.24) is 19.4 Å². The molecule has 4 rings (SSSR count). The van der Waals surface area contributed by atoms with Gasteiger partial charge >= 0.3 is 6.18 Å². The van der Waals surface area contributed by atoms with Gasteiger partial charge in [0, 0.05) is 23.0 Å². The van der Waals surface area contributed by atoms with E-state index in [-0.39, 0.29) is 12.2 Å². The molecule has 42 heavy (non-hydrogen) atoms. The van der Waals surface area contributed by atoms with E-state index in [1.165, 1.54) is 4.57 Å². The summed E-state index contributed by atoms with van der Waals surface area (Å²) in [6.45, 7) is 8.39. The Kier molecular flexibility index (Phi) is 10.1. The van der Waals surface area contributed by atoms with E-state index in [9.17, 15) is 18.4 Å². The summed E-state index contributed by atoms with van der Waals surface area (Å²) >= 11 is 6.45. The van der Waals surface area contributed by atoms with Crippen molar-refractivity contribution in [2.75, 3.05) is 38.5 Å². The molecule has 1 fully saturated rings. The van der Waals surface area contributed by atoms with Crippen LogP contribution in [0.2, 0.25) is 5.02 Å². The van der Waals surface area contributed by atoms with Crippen molar-refractivity contribution in [3.05, 3.63) is 58.5 Å². The molecule has 1 N–H and O–H groups in total. The Morgan fingerprint density at radius 2 is 1.90 bits per heavy atom. The van der Waals surface area contributed by atoms with E-state index in [1.807, 2.05) is 12.1 Å². The van der Waals surface area contributed by atoms with Crippen LogP contribution < -0.4 is 5.32 Å². The van der Waals surface area contributed by atoms with Gasteiger partial charge in [-0.15, -0.1) is 0 Å². The Hall–Kier alpha value is -3.24. The normalized spacial score (nSPS) is 15.0. The van der Waals surface area contributed by atoms with Gasteiger partial charge in [-0.3, -0.25) is 9.88 Å². The number of hydrogen-bond acceptors (Lipinski definition) is 5. The van der Waals surface area contributed by atoms with Crippen LogP contribution in [-0.4, -0.2) is 64.8 Å². The molecule has 3 heterocycles. The number of likely N-dealkylation sites (tertiary alicyclic amines) is 1. The first kappa shape index (κ1) is 31.7. The molecule has 0 aliphatic carbocycles. The molecular formula is C32H38ClF3N6. The first-order valence-corrected chi connectivity index (χ1v) is 14.7. The first-order valence-electron chi connectivity index (χ1n) is 14.3. The van der Waals surface area contributed by atoms with Gasteiger partial charge in [-0.25, -0.2) is 0 Å². The second-order valence-electron chi connectivity index (χ2n) is 11.5. The number of benzene rings is 1. The average Bonchev–Trinajstić information content (AvgIpc) is 3.27. The summed E-state index contributed by atoms with van der Waals surface area (Å²) in [7, 11) is 2.18.